The van der Waals surface area contributed by atoms with Crippen LogP contribution in [0.1, 0.15) is 7.43 Å². The van der Waals surface area contributed by atoms with Crippen molar-refractivity contribution in [2.45, 2.75) is 12.3 Å². The van der Waals surface area contributed by atoms with E-state index in [1.165, 1.54) is 26.4 Å². The van der Waals surface area contributed by atoms with Crippen LogP contribution in [0, 0.1) is 0 Å². The van der Waals surface area contributed by atoms with Crippen molar-refractivity contribution >= 4 is 15.7 Å². The van der Waals surface area contributed by atoms with Gasteiger partial charge in [-0.3, -0.25) is 0 Å². The van der Waals surface area contributed by atoms with Gasteiger partial charge in [0, 0.05) is 6.07 Å². The second-order valence-electron chi connectivity index (χ2n) is 5.50. The molecule has 0 atom stereocenters. The maximum absolute atomic E-state index is 12.7. The van der Waals surface area contributed by atoms with Gasteiger partial charge in [0.1, 0.15) is 10.0 Å². The summed E-state index contributed by atoms with van der Waals surface area (Å²) < 4.78 is 39.6. The molecule has 0 fully saturated rings. The predicted octanol–water partition coefficient (Wildman–Crippen LogP) is 2.41. The molecular weight excluding hydrogens is 401 g/mol. The number of hydrogen-bond acceptors (Lipinski definition) is 4. The van der Waals surface area contributed by atoms with E-state index in [9.17, 15) is 8.42 Å². The average molecular weight is 424 g/mol. The number of nitrogens with zero attached hydrogens (tertiary/aromatic N) is 1. The summed E-state index contributed by atoms with van der Waals surface area (Å²) in [6.07, 6.45) is 0. The maximum Gasteiger partial charge on any atom is 1.00 e. The van der Waals surface area contributed by atoms with Crippen LogP contribution < -0.4 is 60.9 Å². The first-order valence-corrected chi connectivity index (χ1v) is 9.33. The summed E-state index contributed by atoms with van der Waals surface area (Å²) in [5.41, 5.74) is 2.25. The van der Waals surface area contributed by atoms with Gasteiger partial charge in [-0.25, -0.2) is 8.42 Å². The van der Waals surface area contributed by atoms with Crippen molar-refractivity contribution in [3.8, 4) is 22.6 Å². The van der Waals surface area contributed by atoms with Crippen molar-refractivity contribution in [3.63, 3.8) is 0 Å². The Hall–Kier alpha value is -1.35. The standard InChI is InChI=1S/C20H18NO4S.CH4.K/c1-24-19-12-11-18(14-20(19)25-2)26(22,23)21-17-10-6-9-16(13-17)15-7-4-3-5-8-15;;/h3-14H,1-2H3;1H4;/q-1;;+1. The van der Waals surface area contributed by atoms with E-state index >= 15 is 0 Å². The largest absolute Gasteiger partial charge is 1.00 e. The third kappa shape index (κ3) is 5.82. The molecule has 0 saturated carbocycles. The summed E-state index contributed by atoms with van der Waals surface area (Å²) in [6.45, 7) is 0. The molecule has 0 aliphatic rings. The number of ether oxygens (including phenoxy) is 2. The molecule has 5 nitrogen and oxygen atoms in total. The molecule has 3 aromatic rings. The molecule has 0 aromatic heterocycles. The average Bonchev–Trinajstić information content (AvgIpc) is 2.68. The van der Waals surface area contributed by atoms with Gasteiger partial charge in [-0.05, 0) is 23.3 Å². The normalized spacial score (nSPS) is 10.2. The van der Waals surface area contributed by atoms with Crippen LogP contribution >= 0.6 is 0 Å². The fraction of sp³-hybridized carbons (Fsp3) is 0.143. The van der Waals surface area contributed by atoms with E-state index < -0.39 is 10.0 Å². The van der Waals surface area contributed by atoms with E-state index in [1.807, 2.05) is 36.4 Å². The van der Waals surface area contributed by atoms with E-state index in [4.69, 9.17) is 9.47 Å². The summed E-state index contributed by atoms with van der Waals surface area (Å²) in [4.78, 5) is 0.0419. The molecule has 28 heavy (non-hydrogen) atoms. The molecule has 0 N–H and O–H groups in total. The number of sulfonamides is 1. The van der Waals surface area contributed by atoms with Crippen molar-refractivity contribution < 1.29 is 69.3 Å². The van der Waals surface area contributed by atoms with Gasteiger partial charge in [0.2, 0.25) is 0 Å². The third-order valence-corrected chi connectivity index (χ3v) is 5.13. The van der Waals surface area contributed by atoms with Gasteiger partial charge in [-0.2, -0.15) is 0 Å². The van der Waals surface area contributed by atoms with E-state index in [0.717, 1.165) is 11.1 Å². The molecule has 0 radical (unpaired) electrons. The Balaban J connectivity index is 0.00000196. The van der Waals surface area contributed by atoms with E-state index in [0.29, 0.717) is 17.2 Å². The van der Waals surface area contributed by atoms with Gasteiger partial charge >= 0.3 is 51.4 Å². The minimum Gasteiger partial charge on any atom is -0.573 e. The van der Waals surface area contributed by atoms with Gasteiger partial charge in [-0.1, -0.05) is 62.0 Å². The quantitative estimate of drug-likeness (QED) is 0.571. The summed E-state index contributed by atoms with van der Waals surface area (Å²) in [6, 6.07) is 21.2. The zero-order chi connectivity index (χ0) is 18.6. The summed E-state index contributed by atoms with van der Waals surface area (Å²) in [5, 5.41) is 0. The van der Waals surface area contributed by atoms with Gasteiger partial charge in [-0.15, -0.1) is 5.69 Å². The second-order valence-corrected chi connectivity index (χ2v) is 7.10. The van der Waals surface area contributed by atoms with Gasteiger partial charge in [0.15, 0.2) is 11.5 Å². The van der Waals surface area contributed by atoms with Crippen LogP contribution in [0.25, 0.3) is 15.8 Å². The van der Waals surface area contributed by atoms with Crippen molar-refractivity contribution in [3.05, 3.63) is 77.5 Å². The van der Waals surface area contributed by atoms with Crippen molar-refractivity contribution in [2.75, 3.05) is 14.2 Å². The maximum atomic E-state index is 12.7. The Bertz CT molecular complexity index is 1010. The van der Waals surface area contributed by atoms with Crippen molar-refractivity contribution in [2.24, 2.45) is 0 Å². The van der Waals surface area contributed by atoms with E-state index in [-0.39, 0.29) is 63.7 Å². The fourth-order valence-corrected chi connectivity index (χ4v) is 3.53. The molecule has 7 heteroatoms. The zero-order valence-corrected chi connectivity index (χ0v) is 19.4. The molecule has 0 aliphatic heterocycles. The minimum absolute atomic E-state index is 0. The molecule has 0 spiro atoms. The smallest absolute Gasteiger partial charge is 0.573 e. The SMILES string of the molecule is C.COc1ccc(S(=O)(=O)[N-]c2cccc(-c3ccccc3)c2)cc1OC.[K+]. The number of hydrogen-bond donors (Lipinski definition) is 0. The first-order valence-electron chi connectivity index (χ1n) is 7.89. The first kappa shape index (κ1) is 24.7. The third-order valence-electron chi connectivity index (χ3n) is 3.83. The predicted molar refractivity (Wildman–Crippen MR) is 108 cm³/mol. The van der Waals surface area contributed by atoms with Crippen LogP contribution in [0.3, 0.4) is 0 Å². The molecule has 0 bridgehead atoms. The van der Waals surface area contributed by atoms with Crippen LogP contribution in [0.5, 0.6) is 11.5 Å². The zero-order valence-electron chi connectivity index (χ0n) is 15.4. The Morgan fingerprint density at radius 1 is 0.750 bits per heavy atom. The number of rotatable bonds is 6. The molecule has 142 valence electrons. The number of methoxy groups -OCH3 is 2. The Kier molecular flexibility index (Phi) is 9.69. The van der Waals surface area contributed by atoms with E-state index in [1.54, 1.807) is 24.3 Å². The van der Waals surface area contributed by atoms with Crippen LogP contribution in [0.4, 0.5) is 5.69 Å². The van der Waals surface area contributed by atoms with Crippen LogP contribution in [0.2, 0.25) is 0 Å². The van der Waals surface area contributed by atoms with Crippen LogP contribution in [-0.2, 0) is 10.0 Å². The molecule has 0 aliphatic carbocycles. The van der Waals surface area contributed by atoms with Crippen LogP contribution in [-0.4, -0.2) is 22.6 Å². The Morgan fingerprint density at radius 3 is 2.04 bits per heavy atom. The fourth-order valence-electron chi connectivity index (χ4n) is 2.54. The van der Waals surface area contributed by atoms with Gasteiger partial charge in [0.25, 0.3) is 0 Å². The molecular formula is C21H22KNO4S. The van der Waals surface area contributed by atoms with Crippen LogP contribution in [0.15, 0.2) is 77.7 Å². The molecule has 0 saturated heterocycles. The molecule has 0 amide bonds. The second kappa shape index (κ2) is 11.0. The van der Waals surface area contributed by atoms with Gasteiger partial charge < -0.3 is 14.2 Å². The summed E-state index contributed by atoms with van der Waals surface area (Å²) >= 11 is 0. The molecule has 0 heterocycles. The number of benzene rings is 3. The molecule has 3 aromatic carbocycles. The Morgan fingerprint density at radius 2 is 1.39 bits per heavy atom. The topological polar surface area (TPSA) is 66.7 Å². The minimum atomic E-state index is -3.88. The molecule has 0 unspecified atom stereocenters. The first-order chi connectivity index (χ1) is 12.5. The monoisotopic (exact) mass is 423 g/mol. The van der Waals surface area contributed by atoms with Crippen molar-refractivity contribution in [1.82, 2.24) is 0 Å². The molecule has 3 rings (SSSR count). The van der Waals surface area contributed by atoms with Crippen molar-refractivity contribution in [1.29, 1.82) is 0 Å². The van der Waals surface area contributed by atoms with E-state index in [2.05, 4.69) is 4.72 Å². The Labute approximate surface area is 209 Å². The van der Waals surface area contributed by atoms with Gasteiger partial charge in [0.05, 0.1) is 19.1 Å². The summed E-state index contributed by atoms with van der Waals surface area (Å²) in [7, 11) is -0.936. The summed E-state index contributed by atoms with van der Waals surface area (Å²) in [5.74, 6) is 0.791.